The first kappa shape index (κ1) is 14.0. The van der Waals surface area contributed by atoms with Gasteiger partial charge >= 0.3 is 0 Å². The largest absolute Gasteiger partial charge is 0.382 e. The zero-order valence-electron chi connectivity index (χ0n) is 9.64. The molecule has 3 nitrogen and oxygen atoms in total. The molecule has 2 atom stereocenters. The zero-order chi connectivity index (χ0) is 13.0. The number of nitrogens with one attached hydrogen (secondary N) is 1. The van der Waals surface area contributed by atoms with Gasteiger partial charge < -0.3 is 4.74 Å². The Morgan fingerprint density at radius 1 is 1.29 bits per heavy atom. The number of ether oxygens (including phenoxy) is 1. The maximum absolute atomic E-state index is 13.5. The van der Waals surface area contributed by atoms with Gasteiger partial charge in [-0.25, -0.2) is 13.2 Å². The standard InChI is InChI=1S/C11H15F3N2O/c1-6(17-2)5-9(16-15)7-3-4-8(12)11(14)10(7)13/h3-4,6,9,16H,5,15H2,1-2H3. The summed E-state index contributed by atoms with van der Waals surface area (Å²) in [6.45, 7) is 1.77. The second-order valence-corrected chi connectivity index (χ2v) is 3.77. The Morgan fingerprint density at radius 3 is 2.47 bits per heavy atom. The summed E-state index contributed by atoms with van der Waals surface area (Å²) < 4.78 is 44.3. The molecule has 0 saturated heterocycles. The molecule has 0 aromatic heterocycles. The second-order valence-electron chi connectivity index (χ2n) is 3.77. The smallest absolute Gasteiger partial charge is 0.194 e. The molecular weight excluding hydrogens is 233 g/mol. The van der Waals surface area contributed by atoms with Gasteiger partial charge in [0, 0.05) is 12.7 Å². The van der Waals surface area contributed by atoms with E-state index in [0.717, 1.165) is 6.07 Å². The maximum atomic E-state index is 13.5. The molecule has 0 saturated carbocycles. The average molecular weight is 248 g/mol. The van der Waals surface area contributed by atoms with Crippen molar-refractivity contribution in [3.05, 3.63) is 35.1 Å². The predicted molar refractivity (Wildman–Crippen MR) is 57.5 cm³/mol. The Morgan fingerprint density at radius 2 is 1.94 bits per heavy atom. The first-order valence-electron chi connectivity index (χ1n) is 5.13. The summed E-state index contributed by atoms with van der Waals surface area (Å²) in [6, 6.07) is 1.40. The van der Waals surface area contributed by atoms with E-state index in [9.17, 15) is 13.2 Å². The lowest BCUT2D eigenvalue weighted by Crippen LogP contribution is -2.31. The van der Waals surface area contributed by atoms with Crippen LogP contribution in [-0.4, -0.2) is 13.2 Å². The molecule has 0 fully saturated rings. The van der Waals surface area contributed by atoms with E-state index >= 15 is 0 Å². The van der Waals surface area contributed by atoms with Crippen molar-refractivity contribution < 1.29 is 17.9 Å². The lowest BCUT2D eigenvalue weighted by atomic mass is 10.0. The number of benzene rings is 1. The highest BCUT2D eigenvalue weighted by Gasteiger charge is 2.21. The molecule has 1 rings (SSSR count). The van der Waals surface area contributed by atoms with Gasteiger partial charge in [0.15, 0.2) is 17.5 Å². The molecular formula is C11H15F3N2O. The molecule has 17 heavy (non-hydrogen) atoms. The molecule has 96 valence electrons. The van der Waals surface area contributed by atoms with Crippen molar-refractivity contribution in [1.29, 1.82) is 0 Å². The summed E-state index contributed by atoms with van der Waals surface area (Å²) >= 11 is 0. The minimum atomic E-state index is -1.49. The number of hydrazine groups is 1. The van der Waals surface area contributed by atoms with Gasteiger partial charge in [-0.2, -0.15) is 0 Å². The molecule has 0 aliphatic heterocycles. The quantitative estimate of drug-likeness (QED) is 0.476. The SMILES string of the molecule is COC(C)CC(NN)c1ccc(F)c(F)c1F. The van der Waals surface area contributed by atoms with Gasteiger partial charge in [-0.3, -0.25) is 11.3 Å². The Labute approximate surface area is 97.7 Å². The fourth-order valence-corrected chi connectivity index (χ4v) is 1.52. The lowest BCUT2D eigenvalue weighted by Gasteiger charge is -2.20. The fourth-order valence-electron chi connectivity index (χ4n) is 1.52. The van der Waals surface area contributed by atoms with Crippen molar-refractivity contribution in [1.82, 2.24) is 5.43 Å². The molecule has 0 amide bonds. The number of hydrogen-bond donors (Lipinski definition) is 2. The molecule has 1 aromatic carbocycles. The summed E-state index contributed by atoms with van der Waals surface area (Å²) in [6.07, 6.45) is 0.151. The normalized spacial score (nSPS) is 14.7. The third-order valence-electron chi connectivity index (χ3n) is 2.61. The van der Waals surface area contributed by atoms with E-state index < -0.39 is 23.5 Å². The van der Waals surface area contributed by atoms with Crippen molar-refractivity contribution in [3.8, 4) is 0 Å². The van der Waals surface area contributed by atoms with Crippen molar-refractivity contribution >= 4 is 0 Å². The van der Waals surface area contributed by atoms with Crippen molar-refractivity contribution in [2.45, 2.75) is 25.5 Å². The van der Waals surface area contributed by atoms with Crippen LogP contribution in [0.5, 0.6) is 0 Å². The molecule has 2 unspecified atom stereocenters. The minimum absolute atomic E-state index is 0.0182. The van der Waals surface area contributed by atoms with Crippen LogP contribution in [0.25, 0.3) is 0 Å². The first-order chi connectivity index (χ1) is 8.01. The van der Waals surface area contributed by atoms with Crippen LogP contribution in [0.15, 0.2) is 12.1 Å². The average Bonchev–Trinajstić information content (AvgIpc) is 2.33. The number of methoxy groups -OCH3 is 1. The highest BCUT2D eigenvalue weighted by molar-refractivity contribution is 5.23. The highest BCUT2D eigenvalue weighted by Crippen LogP contribution is 2.24. The number of halogens is 3. The van der Waals surface area contributed by atoms with Crippen LogP contribution in [-0.2, 0) is 4.74 Å². The van der Waals surface area contributed by atoms with Gasteiger partial charge in [-0.05, 0) is 19.4 Å². The van der Waals surface area contributed by atoms with Gasteiger partial charge in [-0.1, -0.05) is 6.07 Å². The third kappa shape index (κ3) is 3.18. The predicted octanol–water partition coefficient (Wildman–Crippen LogP) is 2.03. The van der Waals surface area contributed by atoms with Gasteiger partial charge in [0.2, 0.25) is 0 Å². The van der Waals surface area contributed by atoms with Gasteiger partial charge in [0.05, 0.1) is 12.1 Å². The van der Waals surface area contributed by atoms with Crippen LogP contribution >= 0.6 is 0 Å². The molecule has 0 spiro atoms. The minimum Gasteiger partial charge on any atom is -0.382 e. The Kier molecular flexibility index (Phi) is 4.92. The third-order valence-corrected chi connectivity index (χ3v) is 2.61. The molecule has 6 heteroatoms. The molecule has 0 bridgehead atoms. The molecule has 0 aliphatic rings. The van der Waals surface area contributed by atoms with E-state index in [1.165, 1.54) is 13.2 Å². The van der Waals surface area contributed by atoms with E-state index in [2.05, 4.69) is 5.43 Å². The number of nitrogens with two attached hydrogens (primary N) is 1. The fraction of sp³-hybridized carbons (Fsp3) is 0.455. The van der Waals surface area contributed by atoms with Crippen LogP contribution in [0.2, 0.25) is 0 Å². The van der Waals surface area contributed by atoms with E-state index in [1.54, 1.807) is 6.92 Å². The van der Waals surface area contributed by atoms with Gasteiger partial charge in [0.1, 0.15) is 0 Å². The van der Waals surface area contributed by atoms with Crippen LogP contribution in [0.3, 0.4) is 0 Å². The van der Waals surface area contributed by atoms with Crippen LogP contribution in [0.1, 0.15) is 24.9 Å². The summed E-state index contributed by atoms with van der Waals surface area (Å²) in [5.41, 5.74) is 2.34. The monoisotopic (exact) mass is 248 g/mol. The number of hydrogen-bond acceptors (Lipinski definition) is 3. The molecule has 1 aromatic rings. The van der Waals surface area contributed by atoms with Crippen LogP contribution in [0.4, 0.5) is 13.2 Å². The Hall–Kier alpha value is -1.11. The van der Waals surface area contributed by atoms with Crippen molar-refractivity contribution in [2.24, 2.45) is 5.84 Å². The Balaban J connectivity index is 3.00. The maximum Gasteiger partial charge on any atom is 0.194 e. The summed E-state index contributed by atoms with van der Waals surface area (Å²) in [4.78, 5) is 0. The van der Waals surface area contributed by atoms with Gasteiger partial charge in [-0.15, -0.1) is 0 Å². The Bertz CT molecular complexity index is 387. The van der Waals surface area contributed by atoms with Gasteiger partial charge in [0.25, 0.3) is 0 Å². The van der Waals surface area contributed by atoms with E-state index in [-0.39, 0.29) is 11.7 Å². The molecule has 0 heterocycles. The highest BCUT2D eigenvalue weighted by atomic mass is 19.2. The first-order valence-corrected chi connectivity index (χ1v) is 5.13. The lowest BCUT2D eigenvalue weighted by molar-refractivity contribution is 0.0998. The zero-order valence-corrected chi connectivity index (χ0v) is 9.64. The van der Waals surface area contributed by atoms with E-state index in [1.807, 2.05) is 0 Å². The van der Waals surface area contributed by atoms with E-state index in [0.29, 0.717) is 6.42 Å². The molecule has 0 aliphatic carbocycles. The molecule has 3 N–H and O–H groups in total. The van der Waals surface area contributed by atoms with Crippen LogP contribution in [0, 0.1) is 17.5 Å². The summed E-state index contributed by atoms with van der Waals surface area (Å²) in [5, 5.41) is 0. The van der Waals surface area contributed by atoms with Crippen LogP contribution < -0.4 is 11.3 Å². The topological polar surface area (TPSA) is 47.3 Å². The number of rotatable bonds is 5. The van der Waals surface area contributed by atoms with Crippen molar-refractivity contribution in [2.75, 3.05) is 7.11 Å². The summed E-state index contributed by atoms with van der Waals surface area (Å²) in [5.74, 6) is 1.34. The van der Waals surface area contributed by atoms with Crippen molar-refractivity contribution in [3.63, 3.8) is 0 Å². The summed E-state index contributed by atoms with van der Waals surface area (Å²) in [7, 11) is 1.50. The molecule has 0 radical (unpaired) electrons. The second kappa shape index (κ2) is 6.00. The van der Waals surface area contributed by atoms with E-state index in [4.69, 9.17) is 10.6 Å².